The molecule has 1 aliphatic rings. The van der Waals surface area contributed by atoms with E-state index in [9.17, 15) is 5.11 Å². The largest absolute Gasteiger partial charge is 0.493 e. The second-order valence-corrected chi connectivity index (χ2v) is 5.16. The Morgan fingerprint density at radius 2 is 1.84 bits per heavy atom. The van der Waals surface area contributed by atoms with Gasteiger partial charge in [0, 0.05) is 16.5 Å². The van der Waals surface area contributed by atoms with Gasteiger partial charge in [0.05, 0.1) is 12.7 Å². The van der Waals surface area contributed by atoms with Crippen LogP contribution in [0, 0.1) is 0 Å². The van der Waals surface area contributed by atoms with Crippen LogP contribution in [-0.4, -0.2) is 11.7 Å². The van der Waals surface area contributed by atoms with Crippen LogP contribution in [0.1, 0.15) is 29.6 Å². The van der Waals surface area contributed by atoms with Crippen LogP contribution in [0.5, 0.6) is 5.75 Å². The summed E-state index contributed by atoms with van der Waals surface area (Å²) in [7, 11) is 0. The van der Waals surface area contributed by atoms with Gasteiger partial charge in [0.15, 0.2) is 0 Å². The summed E-state index contributed by atoms with van der Waals surface area (Å²) in [6.45, 7) is 0.628. The fourth-order valence-corrected chi connectivity index (χ4v) is 2.88. The number of rotatable bonds is 2. The zero-order valence-electron chi connectivity index (χ0n) is 10.4. The summed E-state index contributed by atoms with van der Waals surface area (Å²) in [6.07, 6.45) is 0.197. The van der Waals surface area contributed by atoms with Gasteiger partial charge in [-0.3, -0.25) is 0 Å². The smallest absolute Gasteiger partial charge is 0.122 e. The third-order valence-electron chi connectivity index (χ3n) is 3.61. The van der Waals surface area contributed by atoms with E-state index in [1.54, 1.807) is 0 Å². The van der Waals surface area contributed by atoms with Crippen LogP contribution in [0.3, 0.4) is 0 Å². The monoisotopic (exact) mass is 274 g/mol. The van der Waals surface area contributed by atoms with Crippen LogP contribution in [0.25, 0.3) is 0 Å². The number of para-hydroxylation sites is 1. The highest BCUT2D eigenvalue weighted by Crippen LogP contribution is 2.42. The Morgan fingerprint density at radius 1 is 1.11 bits per heavy atom. The third kappa shape index (κ3) is 2.34. The van der Waals surface area contributed by atoms with Gasteiger partial charge in [-0.05, 0) is 24.1 Å². The Balaban J connectivity index is 1.98. The maximum Gasteiger partial charge on any atom is 0.122 e. The van der Waals surface area contributed by atoms with Crippen molar-refractivity contribution in [2.45, 2.75) is 18.4 Å². The Hall–Kier alpha value is -1.51. The Kier molecular flexibility index (Phi) is 3.45. The van der Waals surface area contributed by atoms with Crippen molar-refractivity contribution in [1.82, 2.24) is 0 Å². The second-order valence-electron chi connectivity index (χ2n) is 4.75. The van der Waals surface area contributed by atoms with E-state index in [1.807, 2.05) is 48.5 Å². The summed E-state index contributed by atoms with van der Waals surface area (Å²) >= 11 is 6.17. The van der Waals surface area contributed by atoms with Crippen LogP contribution >= 0.6 is 11.6 Å². The summed E-state index contributed by atoms with van der Waals surface area (Å²) in [5.41, 5.74) is 1.84. The van der Waals surface area contributed by atoms with Crippen molar-refractivity contribution in [3.63, 3.8) is 0 Å². The fraction of sp³-hybridized carbons (Fsp3) is 0.250. The number of fused-ring (bicyclic) bond motifs is 1. The first kappa shape index (κ1) is 12.5. The zero-order valence-corrected chi connectivity index (χ0v) is 11.2. The molecular formula is C16H15ClO2. The molecule has 0 amide bonds. The summed E-state index contributed by atoms with van der Waals surface area (Å²) in [6, 6.07) is 15.3. The molecule has 0 aromatic heterocycles. The topological polar surface area (TPSA) is 29.5 Å². The summed E-state index contributed by atoms with van der Waals surface area (Å²) in [5.74, 6) is 0.898. The molecule has 1 N–H and O–H groups in total. The minimum absolute atomic E-state index is 0.0323. The van der Waals surface area contributed by atoms with Gasteiger partial charge in [0.25, 0.3) is 0 Å². The molecule has 0 aliphatic carbocycles. The average molecular weight is 275 g/mol. The van der Waals surface area contributed by atoms with E-state index < -0.39 is 6.10 Å². The Labute approximate surface area is 117 Å². The summed E-state index contributed by atoms with van der Waals surface area (Å²) < 4.78 is 5.63. The molecule has 2 aromatic carbocycles. The first-order valence-electron chi connectivity index (χ1n) is 6.41. The lowest BCUT2D eigenvalue weighted by molar-refractivity contribution is 0.117. The molecular weight excluding hydrogens is 260 g/mol. The van der Waals surface area contributed by atoms with Gasteiger partial charge < -0.3 is 9.84 Å². The number of benzene rings is 2. The standard InChI is InChI=1S/C16H15ClO2/c17-14-7-3-1-6-13(14)16(18)12-9-10-19-15-8-4-2-5-11(12)15/h1-8,12,16,18H,9-10H2. The SMILES string of the molecule is OC(c1ccccc1Cl)C1CCOc2ccccc21. The zero-order chi connectivity index (χ0) is 13.2. The quantitative estimate of drug-likeness (QED) is 0.899. The lowest BCUT2D eigenvalue weighted by Gasteiger charge is -2.30. The fourth-order valence-electron chi connectivity index (χ4n) is 2.63. The maximum absolute atomic E-state index is 10.6. The van der Waals surface area contributed by atoms with Crippen molar-refractivity contribution >= 4 is 11.6 Å². The first-order valence-corrected chi connectivity index (χ1v) is 6.79. The molecule has 0 saturated heterocycles. The number of halogens is 1. The van der Waals surface area contributed by atoms with Crippen LogP contribution in [0.4, 0.5) is 0 Å². The molecule has 2 unspecified atom stereocenters. The molecule has 0 bridgehead atoms. The molecule has 3 rings (SSSR count). The predicted octanol–water partition coefficient (Wildman–Crippen LogP) is 3.94. The summed E-state index contributed by atoms with van der Waals surface area (Å²) in [4.78, 5) is 0. The van der Waals surface area contributed by atoms with Crippen molar-refractivity contribution < 1.29 is 9.84 Å². The minimum Gasteiger partial charge on any atom is -0.493 e. The van der Waals surface area contributed by atoms with Crippen molar-refractivity contribution in [2.75, 3.05) is 6.61 Å². The Bertz CT molecular complexity index is 582. The van der Waals surface area contributed by atoms with E-state index in [0.29, 0.717) is 11.6 Å². The molecule has 2 atom stereocenters. The molecule has 2 nitrogen and oxygen atoms in total. The molecule has 1 aliphatic heterocycles. The van der Waals surface area contributed by atoms with E-state index in [2.05, 4.69) is 0 Å². The molecule has 98 valence electrons. The van der Waals surface area contributed by atoms with Crippen molar-refractivity contribution in [3.05, 3.63) is 64.7 Å². The average Bonchev–Trinajstić information content (AvgIpc) is 2.46. The lowest BCUT2D eigenvalue weighted by atomic mass is 9.85. The van der Waals surface area contributed by atoms with Crippen LogP contribution in [0.15, 0.2) is 48.5 Å². The number of ether oxygens (including phenoxy) is 1. The first-order chi connectivity index (χ1) is 9.27. The van der Waals surface area contributed by atoms with Gasteiger partial charge in [-0.15, -0.1) is 0 Å². The number of hydrogen-bond donors (Lipinski definition) is 1. The Morgan fingerprint density at radius 3 is 2.68 bits per heavy atom. The highest BCUT2D eigenvalue weighted by Gasteiger charge is 2.29. The molecule has 0 fully saturated rings. The second kappa shape index (κ2) is 5.24. The van der Waals surface area contributed by atoms with Crippen molar-refractivity contribution in [2.24, 2.45) is 0 Å². The normalized spacial score (nSPS) is 19.4. The van der Waals surface area contributed by atoms with Gasteiger partial charge >= 0.3 is 0 Å². The third-order valence-corrected chi connectivity index (χ3v) is 3.95. The lowest BCUT2D eigenvalue weighted by Crippen LogP contribution is -2.20. The van der Waals surface area contributed by atoms with Crippen LogP contribution < -0.4 is 4.74 Å². The molecule has 2 aromatic rings. The number of aliphatic hydroxyl groups is 1. The van der Waals surface area contributed by atoms with E-state index in [0.717, 1.165) is 23.3 Å². The predicted molar refractivity (Wildman–Crippen MR) is 75.7 cm³/mol. The van der Waals surface area contributed by atoms with Gasteiger partial charge in [0.2, 0.25) is 0 Å². The van der Waals surface area contributed by atoms with Crippen LogP contribution in [-0.2, 0) is 0 Å². The highest BCUT2D eigenvalue weighted by atomic mass is 35.5. The maximum atomic E-state index is 10.6. The van der Waals surface area contributed by atoms with Gasteiger partial charge in [-0.1, -0.05) is 48.0 Å². The van der Waals surface area contributed by atoms with E-state index in [4.69, 9.17) is 16.3 Å². The summed E-state index contributed by atoms with van der Waals surface area (Å²) in [5, 5.41) is 11.2. The molecule has 0 spiro atoms. The molecule has 1 heterocycles. The highest BCUT2D eigenvalue weighted by molar-refractivity contribution is 6.31. The van der Waals surface area contributed by atoms with Crippen molar-refractivity contribution in [1.29, 1.82) is 0 Å². The van der Waals surface area contributed by atoms with Gasteiger partial charge in [-0.2, -0.15) is 0 Å². The van der Waals surface area contributed by atoms with Gasteiger partial charge in [-0.25, -0.2) is 0 Å². The minimum atomic E-state index is -0.598. The van der Waals surface area contributed by atoms with Crippen molar-refractivity contribution in [3.8, 4) is 5.75 Å². The van der Waals surface area contributed by atoms with E-state index in [1.165, 1.54) is 0 Å². The van der Waals surface area contributed by atoms with E-state index >= 15 is 0 Å². The molecule has 0 radical (unpaired) electrons. The van der Waals surface area contributed by atoms with Crippen LogP contribution in [0.2, 0.25) is 5.02 Å². The molecule has 19 heavy (non-hydrogen) atoms. The molecule has 3 heteroatoms. The van der Waals surface area contributed by atoms with E-state index in [-0.39, 0.29) is 5.92 Å². The number of hydrogen-bond acceptors (Lipinski definition) is 2. The van der Waals surface area contributed by atoms with Gasteiger partial charge in [0.1, 0.15) is 5.75 Å². The number of aliphatic hydroxyl groups excluding tert-OH is 1. The molecule has 0 saturated carbocycles.